The lowest BCUT2D eigenvalue weighted by Gasteiger charge is -2.12. The number of rotatable bonds is 6. The molecule has 2 aromatic rings. The molecule has 0 spiro atoms. The van der Waals surface area contributed by atoms with Gasteiger partial charge in [-0.1, -0.05) is 11.8 Å². The van der Waals surface area contributed by atoms with Crippen LogP contribution in [0.15, 0.2) is 41.8 Å². The van der Waals surface area contributed by atoms with E-state index in [0.717, 1.165) is 16.6 Å². The predicted octanol–water partition coefficient (Wildman–Crippen LogP) is 2.94. The van der Waals surface area contributed by atoms with Crippen molar-refractivity contribution in [1.82, 2.24) is 9.55 Å². The first-order valence-corrected chi connectivity index (χ1v) is 7.66. The fraction of sp³-hybridized carbons (Fsp3) is 0.333. The molecule has 0 radical (unpaired) electrons. The topological polar surface area (TPSA) is 56.1 Å². The molecule has 1 heterocycles. The van der Waals surface area contributed by atoms with Crippen molar-refractivity contribution >= 4 is 23.4 Å². The first-order valence-electron chi connectivity index (χ1n) is 6.78. The van der Waals surface area contributed by atoms with Gasteiger partial charge in [0, 0.05) is 25.1 Å². The zero-order chi connectivity index (χ0) is 15.2. The second-order valence-corrected chi connectivity index (χ2v) is 5.84. The van der Waals surface area contributed by atoms with Gasteiger partial charge in [-0.05, 0) is 38.1 Å². The van der Waals surface area contributed by atoms with Crippen LogP contribution >= 0.6 is 11.8 Å². The normalized spacial score (nSPS) is 12.0. The Bertz CT molecular complexity index is 595. The number of carbonyl (C=O) groups excluding carboxylic acids is 1. The number of nitrogens with zero attached hydrogens (tertiary/aromatic N) is 2. The number of benzene rings is 1. The SMILES string of the molecule is CCOc1ccc(NC(=O)[C@@H](C)Sc2nccn2C)cc1. The number of ether oxygens (including phenoxy) is 1. The molecular formula is C15H19N3O2S. The van der Waals surface area contributed by atoms with E-state index in [-0.39, 0.29) is 11.2 Å². The number of thioether (sulfide) groups is 1. The van der Waals surface area contributed by atoms with E-state index in [9.17, 15) is 4.79 Å². The summed E-state index contributed by atoms with van der Waals surface area (Å²) in [7, 11) is 1.91. The molecule has 5 nitrogen and oxygen atoms in total. The van der Waals surface area contributed by atoms with Crippen molar-refractivity contribution < 1.29 is 9.53 Å². The Hall–Kier alpha value is -1.95. The highest BCUT2D eigenvalue weighted by Gasteiger charge is 2.16. The molecule has 1 atom stereocenters. The zero-order valence-corrected chi connectivity index (χ0v) is 13.2. The highest BCUT2D eigenvalue weighted by molar-refractivity contribution is 8.00. The van der Waals surface area contributed by atoms with Crippen molar-refractivity contribution in [2.45, 2.75) is 24.3 Å². The smallest absolute Gasteiger partial charge is 0.237 e. The summed E-state index contributed by atoms with van der Waals surface area (Å²) >= 11 is 1.43. The van der Waals surface area contributed by atoms with Gasteiger partial charge in [0.05, 0.1) is 11.9 Å². The van der Waals surface area contributed by atoms with Crippen molar-refractivity contribution in [3.63, 3.8) is 0 Å². The molecule has 1 N–H and O–H groups in total. The van der Waals surface area contributed by atoms with Gasteiger partial charge < -0.3 is 14.6 Å². The lowest BCUT2D eigenvalue weighted by molar-refractivity contribution is -0.115. The van der Waals surface area contributed by atoms with Crippen LogP contribution in [0.2, 0.25) is 0 Å². The summed E-state index contributed by atoms with van der Waals surface area (Å²) in [4.78, 5) is 16.4. The number of hydrogen-bond acceptors (Lipinski definition) is 4. The largest absolute Gasteiger partial charge is 0.494 e. The summed E-state index contributed by atoms with van der Waals surface area (Å²) in [5.74, 6) is 0.748. The maximum Gasteiger partial charge on any atom is 0.237 e. The molecule has 1 aromatic heterocycles. The molecule has 0 bridgehead atoms. The summed E-state index contributed by atoms with van der Waals surface area (Å²) in [5.41, 5.74) is 0.760. The first kappa shape index (κ1) is 15.4. The molecule has 0 aliphatic heterocycles. The third kappa shape index (κ3) is 4.26. The Balaban J connectivity index is 1.92. The van der Waals surface area contributed by atoms with E-state index in [1.54, 1.807) is 6.20 Å². The van der Waals surface area contributed by atoms with Gasteiger partial charge in [-0.2, -0.15) is 0 Å². The number of imidazole rings is 1. The minimum Gasteiger partial charge on any atom is -0.494 e. The Kier molecular flexibility index (Phi) is 5.27. The summed E-state index contributed by atoms with van der Waals surface area (Å²) in [5, 5.41) is 3.49. The van der Waals surface area contributed by atoms with Crippen molar-refractivity contribution in [2.75, 3.05) is 11.9 Å². The Morgan fingerprint density at radius 1 is 1.43 bits per heavy atom. The molecule has 0 aliphatic rings. The van der Waals surface area contributed by atoms with Crippen LogP contribution in [-0.2, 0) is 11.8 Å². The molecule has 0 saturated carbocycles. The molecular weight excluding hydrogens is 286 g/mol. The first-order chi connectivity index (χ1) is 10.1. The minimum atomic E-state index is -0.224. The van der Waals surface area contributed by atoms with Crippen LogP contribution < -0.4 is 10.1 Å². The van der Waals surface area contributed by atoms with Gasteiger partial charge in [0.1, 0.15) is 5.75 Å². The average Bonchev–Trinajstić information content (AvgIpc) is 2.86. The van der Waals surface area contributed by atoms with Gasteiger partial charge in [-0.15, -0.1) is 0 Å². The standard InChI is InChI=1S/C15H19N3O2S/c1-4-20-13-7-5-12(6-8-13)17-14(19)11(2)21-15-16-9-10-18(15)3/h5-11H,4H2,1-3H3,(H,17,19)/t11-/m1/s1. The van der Waals surface area contributed by atoms with Crippen LogP contribution in [0.1, 0.15) is 13.8 Å². The molecule has 2 rings (SSSR count). The number of carbonyl (C=O) groups is 1. The molecule has 0 fully saturated rings. The van der Waals surface area contributed by atoms with Crippen LogP contribution in [0.5, 0.6) is 5.75 Å². The van der Waals surface area contributed by atoms with Crippen molar-refractivity contribution in [3.8, 4) is 5.75 Å². The average molecular weight is 305 g/mol. The summed E-state index contributed by atoms with van der Waals surface area (Å²) in [6.45, 7) is 4.43. The van der Waals surface area contributed by atoms with Crippen LogP contribution in [0.4, 0.5) is 5.69 Å². The Morgan fingerprint density at radius 3 is 2.71 bits per heavy atom. The third-order valence-electron chi connectivity index (χ3n) is 2.86. The maximum absolute atomic E-state index is 12.2. The lowest BCUT2D eigenvalue weighted by atomic mass is 10.3. The van der Waals surface area contributed by atoms with Gasteiger partial charge >= 0.3 is 0 Å². The quantitative estimate of drug-likeness (QED) is 0.834. The molecule has 1 amide bonds. The highest BCUT2D eigenvalue weighted by Crippen LogP contribution is 2.22. The monoisotopic (exact) mass is 305 g/mol. The van der Waals surface area contributed by atoms with E-state index >= 15 is 0 Å². The van der Waals surface area contributed by atoms with E-state index in [2.05, 4.69) is 10.3 Å². The Morgan fingerprint density at radius 2 is 2.14 bits per heavy atom. The minimum absolute atomic E-state index is 0.0489. The zero-order valence-electron chi connectivity index (χ0n) is 12.4. The molecule has 0 saturated heterocycles. The van der Waals surface area contributed by atoms with Gasteiger partial charge in [0.2, 0.25) is 5.91 Å². The van der Waals surface area contributed by atoms with Gasteiger partial charge in [-0.3, -0.25) is 4.79 Å². The fourth-order valence-corrected chi connectivity index (χ4v) is 2.55. The fourth-order valence-electron chi connectivity index (χ4n) is 1.72. The van der Waals surface area contributed by atoms with E-state index < -0.39 is 0 Å². The number of nitrogens with one attached hydrogen (secondary N) is 1. The van der Waals surface area contributed by atoms with Gasteiger partial charge in [0.25, 0.3) is 0 Å². The summed E-state index contributed by atoms with van der Waals surface area (Å²) < 4.78 is 7.26. The molecule has 0 unspecified atom stereocenters. The van der Waals surface area contributed by atoms with Crippen LogP contribution in [-0.4, -0.2) is 27.3 Å². The third-order valence-corrected chi connectivity index (χ3v) is 4.03. The summed E-state index contributed by atoms with van der Waals surface area (Å²) in [6.07, 6.45) is 3.58. The summed E-state index contributed by atoms with van der Waals surface area (Å²) in [6, 6.07) is 7.35. The van der Waals surface area contributed by atoms with E-state index in [1.165, 1.54) is 11.8 Å². The second kappa shape index (κ2) is 7.17. The molecule has 21 heavy (non-hydrogen) atoms. The van der Waals surface area contributed by atoms with Crippen LogP contribution in [0, 0.1) is 0 Å². The molecule has 0 aliphatic carbocycles. The second-order valence-electron chi connectivity index (χ2n) is 4.53. The van der Waals surface area contributed by atoms with Gasteiger partial charge in [-0.25, -0.2) is 4.98 Å². The predicted molar refractivity (Wildman–Crippen MR) is 84.8 cm³/mol. The number of aryl methyl sites for hydroxylation is 1. The van der Waals surface area contributed by atoms with Crippen molar-refractivity contribution in [2.24, 2.45) is 7.05 Å². The number of aromatic nitrogens is 2. The lowest BCUT2D eigenvalue weighted by Crippen LogP contribution is -2.22. The van der Waals surface area contributed by atoms with Crippen molar-refractivity contribution in [1.29, 1.82) is 0 Å². The molecule has 112 valence electrons. The van der Waals surface area contributed by atoms with Crippen LogP contribution in [0.3, 0.4) is 0 Å². The van der Waals surface area contributed by atoms with E-state index in [4.69, 9.17) is 4.74 Å². The number of anilines is 1. The van der Waals surface area contributed by atoms with Gasteiger partial charge in [0.15, 0.2) is 5.16 Å². The number of amides is 1. The van der Waals surface area contributed by atoms with E-state index in [1.807, 2.05) is 55.9 Å². The Labute approximate surface area is 128 Å². The number of hydrogen-bond donors (Lipinski definition) is 1. The van der Waals surface area contributed by atoms with Crippen LogP contribution in [0.25, 0.3) is 0 Å². The maximum atomic E-state index is 12.2. The van der Waals surface area contributed by atoms with Crippen molar-refractivity contribution in [3.05, 3.63) is 36.7 Å². The van der Waals surface area contributed by atoms with E-state index in [0.29, 0.717) is 6.61 Å². The molecule has 1 aromatic carbocycles. The highest BCUT2D eigenvalue weighted by atomic mass is 32.2. The molecule has 6 heteroatoms.